The van der Waals surface area contributed by atoms with Gasteiger partial charge in [0.1, 0.15) is 0 Å². The van der Waals surface area contributed by atoms with Crippen molar-refractivity contribution in [1.82, 2.24) is 10.3 Å². The Morgan fingerprint density at radius 2 is 2.35 bits per heavy atom. The van der Waals surface area contributed by atoms with E-state index in [0.717, 1.165) is 20.9 Å². The van der Waals surface area contributed by atoms with Crippen molar-refractivity contribution < 1.29 is 9.59 Å². The Morgan fingerprint density at radius 1 is 1.50 bits per heavy atom. The van der Waals surface area contributed by atoms with E-state index < -0.39 is 0 Å². The lowest BCUT2D eigenvalue weighted by atomic mass is 9.98. The minimum atomic E-state index is -0.147. The normalized spacial score (nSPS) is 18.9. The van der Waals surface area contributed by atoms with Crippen molar-refractivity contribution in [2.45, 2.75) is 19.8 Å². The lowest BCUT2D eigenvalue weighted by Crippen LogP contribution is -2.40. The Balaban J connectivity index is 1.72. The summed E-state index contributed by atoms with van der Waals surface area (Å²) in [6.45, 7) is 2.39. The van der Waals surface area contributed by atoms with Gasteiger partial charge in [0.25, 0.3) is 0 Å². The lowest BCUT2D eigenvalue weighted by Gasteiger charge is -2.21. The van der Waals surface area contributed by atoms with E-state index in [0.29, 0.717) is 19.4 Å². The monoisotopic (exact) mass is 289 g/mol. The third-order valence-electron chi connectivity index (χ3n) is 3.40. The molecule has 2 N–H and O–H groups in total. The molecule has 0 spiro atoms. The van der Waals surface area contributed by atoms with Crippen molar-refractivity contribution in [2.24, 2.45) is 5.92 Å². The molecule has 0 bridgehead atoms. The maximum Gasteiger partial charge on any atom is 0.229 e. The number of fused-ring (bicyclic) bond motifs is 1. The van der Waals surface area contributed by atoms with Gasteiger partial charge in [-0.3, -0.25) is 9.59 Å². The first kappa shape index (κ1) is 13.1. The third kappa shape index (κ3) is 2.65. The number of hydrogen-bond donors (Lipinski definition) is 2. The molecule has 0 saturated carbocycles. The zero-order valence-corrected chi connectivity index (χ0v) is 11.9. The molecule has 5 nitrogen and oxygen atoms in total. The van der Waals surface area contributed by atoms with Crippen molar-refractivity contribution in [3.8, 4) is 0 Å². The first-order valence-corrected chi connectivity index (χ1v) is 7.38. The Kier molecular flexibility index (Phi) is 3.40. The van der Waals surface area contributed by atoms with Crippen LogP contribution < -0.4 is 10.6 Å². The van der Waals surface area contributed by atoms with Gasteiger partial charge < -0.3 is 10.6 Å². The molecule has 2 aromatic rings. The van der Waals surface area contributed by atoms with Gasteiger partial charge in [-0.1, -0.05) is 0 Å². The zero-order chi connectivity index (χ0) is 14.1. The van der Waals surface area contributed by atoms with Gasteiger partial charge in [0, 0.05) is 18.7 Å². The molecule has 1 atom stereocenters. The molecule has 1 unspecified atom stereocenters. The molecule has 0 radical (unpaired) electrons. The predicted octanol–water partition coefficient (Wildman–Crippen LogP) is 2.07. The molecular formula is C14H15N3O2S. The van der Waals surface area contributed by atoms with E-state index in [1.807, 2.05) is 25.1 Å². The standard InChI is InChI=1S/C14H15N3O2S/c1-8-16-11-4-3-10(6-12(11)20-8)17-14(19)9-2-5-13(18)15-7-9/h3-4,6,9H,2,5,7H2,1H3,(H,15,18)(H,17,19). The number of carbonyl (C=O) groups is 2. The molecule has 0 aliphatic carbocycles. The van der Waals surface area contributed by atoms with Crippen molar-refractivity contribution in [3.05, 3.63) is 23.2 Å². The Morgan fingerprint density at radius 3 is 3.10 bits per heavy atom. The fraction of sp³-hybridized carbons (Fsp3) is 0.357. The average molecular weight is 289 g/mol. The van der Waals surface area contributed by atoms with Crippen LogP contribution in [0.5, 0.6) is 0 Å². The van der Waals surface area contributed by atoms with Crippen molar-refractivity contribution in [2.75, 3.05) is 11.9 Å². The quantitative estimate of drug-likeness (QED) is 0.889. The topological polar surface area (TPSA) is 71.1 Å². The number of rotatable bonds is 2. The molecule has 1 aromatic carbocycles. The van der Waals surface area contributed by atoms with Gasteiger partial charge in [-0.05, 0) is 31.5 Å². The number of nitrogens with one attached hydrogen (secondary N) is 2. The second kappa shape index (κ2) is 5.20. The highest BCUT2D eigenvalue weighted by Gasteiger charge is 2.24. The van der Waals surface area contributed by atoms with Crippen LogP contribution in [0.4, 0.5) is 5.69 Å². The first-order valence-electron chi connectivity index (χ1n) is 6.56. The molecule has 2 heterocycles. The summed E-state index contributed by atoms with van der Waals surface area (Å²) in [6.07, 6.45) is 1.03. The number of thiazole rings is 1. The lowest BCUT2D eigenvalue weighted by molar-refractivity contribution is -0.126. The maximum atomic E-state index is 12.1. The number of anilines is 1. The summed E-state index contributed by atoms with van der Waals surface area (Å²) in [6, 6.07) is 5.72. The van der Waals surface area contributed by atoms with E-state index in [-0.39, 0.29) is 17.7 Å². The average Bonchev–Trinajstić information content (AvgIpc) is 2.78. The summed E-state index contributed by atoms with van der Waals surface area (Å²) in [4.78, 5) is 27.6. The fourth-order valence-electron chi connectivity index (χ4n) is 2.32. The Labute approximate surface area is 120 Å². The summed E-state index contributed by atoms with van der Waals surface area (Å²) in [5, 5.41) is 6.65. The van der Waals surface area contributed by atoms with Crippen molar-refractivity contribution >= 4 is 39.1 Å². The molecule has 1 aliphatic heterocycles. The van der Waals surface area contributed by atoms with Crippen LogP contribution in [0.2, 0.25) is 0 Å². The first-order chi connectivity index (χ1) is 9.61. The van der Waals surface area contributed by atoms with Gasteiger partial charge in [0.15, 0.2) is 0 Å². The largest absolute Gasteiger partial charge is 0.355 e. The van der Waals surface area contributed by atoms with E-state index in [9.17, 15) is 9.59 Å². The number of aromatic nitrogens is 1. The molecule has 1 aromatic heterocycles. The number of benzene rings is 1. The van der Waals surface area contributed by atoms with Crippen molar-refractivity contribution in [3.63, 3.8) is 0 Å². The molecule has 1 aliphatic rings. The molecule has 2 amide bonds. The second-order valence-corrected chi connectivity index (χ2v) is 6.18. The SMILES string of the molecule is Cc1nc2ccc(NC(=O)C3CCC(=O)NC3)cc2s1. The van der Waals surface area contributed by atoms with Crippen LogP contribution >= 0.6 is 11.3 Å². The number of carbonyl (C=O) groups excluding carboxylic acids is 2. The summed E-state index contributed by atoms with van der Waals surface area (Å²) in [5.74, 6) is -0.159. The van der Waals surface area contributed by atoms with Crippen LogP contribution in [0.15, 0.2) is 18.2 Å². The van der Waals surface area contributed by atoms with Crippen LogP contribution in [0, 0.1) is 12.8 Å². The molecule has 104 valence electrons. The van der Waals surface area contributed by atoms with E-state index in [4.69, 9.17) is 0 Å². The highest BCUT2D eigenvalue weighted by Crippen LogP contribution is 2.25. The van der Waals surface area contributed by atoms with Gasteiger partial charge in [0.2, 0.25) is 11.8 Å². The second-order valence-electron chi connectivity index (χ2n) is 4.94. The number of nitrogens with zero attached hydrogens (tertiary/aromatic N) is 1. The molecular weight excluding hydrogens is 274 g/mol. The smallest absolute Gasteiger partial charge is 0.229 e. The molecule has 1 saturated heterocycles. The third-order valence-corrected chi connectivity index (χ3v) is 4.33. The van der Waals surface area contributed by atoms with Crippen molar-refractivity contribution in [1.29, 1.82) is 0 Å². The fourth-order valence-corrected chi connectivity index (χ4v) is 3.18. The van der Waals surface area contributed by atoms with Crippen LogP contribution in [0.1, 0.15) is 17.8 Å². The van der Waals surface area contributed by atoms with Crippen LogP contribution in [-0.4, -0.2) is 23.3 Å². The van der Waals surface area contributed by atoms with E-state index in [1.54, 1.807) is 11.3 Å². The van der Waals surface area contributed by atoms with E-state index in [2.05, 4.69) is 15.6 Å². The molecule has 3 rings (SSSR count). The summed E-state index contributed by atoms with van der Waals surface area (Å²) >= 11 is 1.61. The van der Waals surface area contributed by atoms with Crippen LogP contribution in [0.3, 0.4) is 0 Å². The summed E-state index contributed by atoms with van der Waals surface area (Å²) in [5.41, 5.74) is 1.73. The number of hydrogen-bond acceptors (Lipinski definition) is 4. The van der Waals surface area contributed by atoms with Gasteiger partial charge in [0.05, 0.1) is 21.1 Å². The minimum absolute atomic E-state index is 0.0237. The number of aryl methyl sites for hydroxylation is 1. The minimum Gasteiger partial charge on any atom is -0.355 e. The molecule has 20 heavy (non-hydrogen) atoms. The van der Waals surface area contributed by atoms with E-state index >= 15 is 0 Å². The zero-order valence-electron chi connectivity index (χ0n) is 11.1. The highest BCUT2D eigenvalue weighted by molar-refractivity contribution is 7.18. The summed E-state index contributed by atoms with van der Waals surface area (Å²) in [7, 11) is 0. The van der Waals surface area contributed by atoms with Gasteiger partial charge in [-0.25, -0.2) is 4.98 Å². The van der Waals surface area contributed by atoms with Gasteiger partial charge >= 0.3 is 0 Å². The highest BCUT2D eigenvalue weighted by atomic mass is 32.1. The van der Waals surface area contributed by atoms with Crippen LogP contribution in [0.25, 0.3) is 10.2 Å². The van der Waals surface area contributed by atoms with Crippen LogP contribution in [-0.2, 0) is 9.59 Å². The Hall–Kier alpha value is -1.95. The van der Waals surface area contributed by atoms with Gasteiger partial charge in [-0.15, -0.1) is 11.3 Å². The number of amides is 2. The Bertz CT molecular complexity index is 670. The summed E-state index contributed by atoms with van der Waals surface area (Å²) < 4.78 is 1.07. The van der Waals surface area contributed by atoms with E-state index in [1.165, 1.54) is 0 Å². The molecule has 1 fully saturated rings. The number of piperidine rings is 1. The van der Waals surface area contributed by atoms with Gasteiger partial charge in [-0.2, -0.15) is 0 Å². The predicted molar refractivity (Wildman–Crippen MR) is 78.7 cm³/mol. The maximum absolute atomic E-state index is 12.1. The molecule has 6 heteroatoms.